The molecule has 2 aromatic rings. The van der Waals surface area contributed by atoms with Gasteiger partial charge in [-0.3, -0.25) is 9.69 Å². The van der Waals surface area contributed by atoms with E-state index in [-0.39, 0.29) is 18.0 Å². The van der Waals surface area contributed by atoms with Gasteiger partial charge in [0, 0.05) is 6.61 Å². The Labute approximate surface area is 176 Å². The topological polar surface area (TPSA) is 55.8 Å². The molecule has 0 unspecified atom stereocenters. The molecule has 0 spiro atoms. The number of hydrogen-bond acceptors (Lipinski definition) is 7. The van der Waals surface area contributed by atoms with Crippen LogP contribution >= 0.6 is 35.3 Å². The summed E-state index contributed by atoms with van der Waals surface area (Å²) in [5.74, 6) is -0.00191. The number of ether oxygens (including phenoxy) is 2. The van der Waals surface area contributed by atoms with Gasteiger partial charge in [-0.2, -0.15) is 0 Å². The molecule has 0 saturated carbocycles. The number of thiocarbonyl (C=S) groups is 1. The van der Waals surface area contributed by atoms with Crippen molar-refractivity contribution in [3.05, 3.63) is 57.1 Å². The van der Waals surface area contributed by atoms with Crippen LogP contribution in [0, 0.1) is 0 Å². The number of carbonyl (C=O) groups excluding carboxylic acids is 2. The first kappa shape index (κ1) is 19.3. The number of benzene rings is 1. The summed E-state index contributed by atoms with van der Waals surface area (Å²) in [6, 6.07) is 10.6. The van der Waals surface area contributed by atoms with Gasteiger partial charge in [0.05, 0.1) is 17.6 Å². The third kappa shape index (κ3) is 4.35. The minimum Gasteiger partial charge on any atom is -0.422 e. The fourth-order valence-electron chi connectivity index (χ4n) is 2.98. The Bertz CT molecular complexity index is 915. The standard InChI is InChI=1S/C20H17NO4S3/c22-18-17(28-20(26)21(18)12-15-3-1-9-24-15)11-13-5-7-14(8-6-13)25-19(23)16-4-2-10-27-16/h2,4-8,10-11,15H,1,3,9,12H2/b17-11-/t15-/m0/s1. The van der Waals surface area contributed by atoms with Crippen LogP contribution in [-0.2, 0) is 9.53 Å². The molecule has 0 bridgehead atoms. The summed E-state index contributed by atoms with van der Waals surface area (Å²) in [6.07, 6.45) is 3.86. The molecule has 1 aromatic carbocycles. The molecule has 4 rings (SSSR count). The highest BCUT2D eigenvalue weighted by molar-refractivity contribution is 8.26. The summed E-state index contributed by atoms with van der Waals surface area (Å²) in [7, 11) is 0. The van der Waals surface area contributed by atoms with Gasteiger partial charge in [-0.05, 0) is 48.1 Å². The van der Waals surface area contributed by atoms with Crippen LogP contribution in [0.15, 0.2) is 46.7 Å². The Balaban J connectivity index is 1.41. The fraction of sp³-hybridized carbons (Fsp3) is 0.250. The first-order chi connectivity index (χ1) is 13.6. The second-order valence-electron chi connectivity index (χ2n) is 6.36. The molecule has 28 heavy (non-hydrogen) atoms. The lowest BCUT2D eigenvalue weighted by Gasteiger charge is -2.18. The lowest BCUT2D eigenvalue weighted by molar-refractivity contribution is -0.123. The first-order valence-electron chi connectivity index (χ1n) is 8.83. The number of carbonyl (C=O) groups is 2. The van der Waals surface area contributed by atoms with Crippen molar-refractivity contribution in [2.45, 2.75) is 18.9 Å². The van der Waals surface area contributed by atoms with Crippen LogP contribution in [-0.4, -0.2) is 40.4 Å². The molecule has 2 fully saturated rings. The van der Waals surface area contributed by atoms with Crippen molar-refractivity contribution in [2.24, 2.45) is 0 Å². The lowest BCUT2D eigenvalue weighted by Crippen LogP contribution is -2.35. The Kier molecular flexibility index (Phi) is 5.91. The normalized spacial score (nSPS) is 20.9. The maximum Gasteiger partial charge on any atom is 0.353 e. The molecule has 2 saturated heterocycles. The summed E-state index contributed by atoms with van der Waals surface area (Å²) in [5, 5.41) is 1.83. The second-order valence-corrected chi connectivity index (χ2v) is 8.99. The van der Waals surface area contributed by atoms with Crippen LogP contribution in [0.25, 0.3) is 6.08 Å². The summed E-state index contributed by atoms with van der Waals surface area (Å²) in [6.45, 7) is 1.26. The van der Waals surface area contributed by atoms with Crippen molar-refractivity contribution in [3.8, 4) is 5.75 Å². The van der Waals surface area contributed by atoms with Crippen molar-refractivity contribution < 1.29 is 19.1 Å². The van der Waals surface area contributed by atoms with Gasteiger partial charge in [0.15, 0.2) is 0 Å². The zero-order chi connectivity index (χ0) is 19.5. The molecule has 5 nitrogen and oxygen atoms in total. The van der Waals surface area contributed by atoms with Gasteiger partial charge in [-0.15, -0.1) is 11.3 Å². The molecular formula is C20H17NO4S3. The molecule has 2 aliphatic rings. The number of nitrogens with zero attached hydrogens (tertiary/aromatic N) is 1. The average molecular weight is 432 g/mol. The Morgan fingerprint density at radius 3 is 2.82 bits per heavy atom. The summed E-state index contributed by atoms with van der Waals surface area (Å²) in [4.78, 5) is 27.4. The number of amides is 1. The van der Waals surface area contributed by atoms with E-state index >= 15 is 0 Å². The molecule has 144 valence electrons. The number of esters is 1. The minimum atomic E-state index is -0.377. The number of thioether (sulfide) groups is 1. The van der Waals surface area contributed by atoms with Crippen molar-refractivity contribution >= 4 is 57.6 Å². The van der Waals surface area contributed by atoms with Crippen LogP contribution < -0.4 is 4.74 Å². The van der Waals surface area contributed by atoms with Crippen molar-refractivity contribution in [1.29, 1.82) is 0 Å². The van der Waals surface area contributed by atoms with Crippen LogP contribution in [0.3, 0.4) is 0 Å². The highest BCUT2D eigenvalue weighted by Crippen LogP contribution is 2.33. The molecule has 0 aliphatic carbocycles. The molecule has 1 amide bonds. The summed E-state index contributed by atoms with van der Waals surface area (Å²) >= 11 is 8.01. The van der Waals surface area contributed by atoms with E-state index in [1.165, 1.54) is 23.1 Å². The molecule has 1 atom stereocenters. The van der Waals surface area contributed by atoms with Crippen molar-refractivity contribution in [1.82, 2.24) is 4.90 Å². The largest absolute Gasteiger partial charge is 0.422 e. The molecule has 2 aliphatic heterocycles. The first-order valence-corrected chi connectivity index (χ1v) is 10.9. The third-order valence-electron chi connectivity index (χ3n) is 4.39. The average Bonchev–Trinajstić information content (AvgIpc) is 3.44. The molecule has 1 aromatic heterocycles. The molecule has 8 heteroatoms. The van der Waals surface area contributed by atoms with Gasteiger partial charge in [-0.1, -0.05) is 42.2 Å². The van der Waals surface area contributed by atoms with Crippen LogP contribution in [0.2, 0.25) is 0 Å². The monoisotopic (exact) mass is 431 g/mol. The zero-order valence-corrected chi connectivity index (χ0v) is 17.3. The maximum atomic E-state index is 12.7. The molecule has 0 N–H and O–H groups in total. The van der Waals surface area contributed by atoms with Gasteiger partial charge in [0.25, 0.3) is 5.91 Å². The highest BCUT2D eigenvalue weighted by Gasteiger charge is 2.34. The van der Waals surface area contributed by atoms with Gasteiger partial charge < -0.3 is 9.47 Å². The summed E-state index contributed by atoms with van der Waals surface area (Å²) < 4.78 is 11.5. The van der Waals surface area contributed by atoms with E-state index < -0.39 is 0 Å². The van der Waals surface area contributed by atoms with Crippen LogP contribution in [0.1, 0.15) is 28.1 Å². The SMILES string of the molecule is O=C(Oc1ccc(/C=C2\SC(=S)N(C[C@@H]3CCCO3)C2=O)cc1)c1cccs1. The summed E-state index contributed by atoms with van der Waals surface area (Å²) in [5.41, 5.74) is 0.841. The maximum absolute atomic E-state index is 12.7. The smallest absolute Gasteiger partial charge is 0.353 e. The molecule has 0 radical (unpaired) electrons. The quantitative estimate of drug-likeness (QED) is 0.304. The van der Waals surface area contributed by atoms with E-state index in [1.807, 2.05) is 17.5 Å². The second kappa shape index (κ2) is 8.57. The zero-order valence-electron chi connectivity index (χ0n) is 14.8. The Morgan fingerprint density at radius 2 is 2.14 bits per heavy atom. The number of rotatable bonds is 5. The van der Waals surface area contributed by atoms with Gasteiger partial charge in [0.2, 0.25) is 0 Å². The van der Waals surface area contributed by atoms with E-state index in [0.717, 1.165) is 25.0 Å². The van der Waals surface area contributed by atoms with E-state index in [9.17, 15) is 9.59 Å². The molecule has 3 heterocycles. The Morgan fingerprint density at radius 1 is 1.32 bits per heavy atom. The van der Waals surface area contributed by atoms with Gasteiger partial charge >= 0.3 is 5.97 Å². The molecular weight excluding hydrogens is 414 g/mol. The van der Waals surface area contributed by atoms with E-state index in [2.05, 4.69) is 0 Å². The van der Waals surface area contributed by atoms with Crippen molar-refractivity contribution in [3.63, 3.8) is 0 Å². The predicted molar refractivity (Wildman–Crippen MR) is 115 cm³/mol. The third-order valence-corrected chi connectivity index (χ3v) is 6.62. The van der Waals surface area contributed by atoms with Gasteiger partial charge in [0.1, 0.15) is 14.9 Å². The fourth-order valence-corrected chi connectivity index (χ4v) is 4.86. The van der Waals surface area contributed by atoms with Crippen molar-refractivity contribution in [2.75, 3.05) is 13.2 Å². The Hall–Kier alpha value is -2.00. The van der Waals surface area contributed by atoms with Crippen LogP contribution in [0.4, 0.5) is 0 Å². The highest BCUT2D eigenvalue weighted by atomic mass is 32.2. The van der Waals surface area contributed by atoms with Crippen LogP contribution in [0.5, 0.6) is 5.75 Å². The lowest BCUT2D eigenvalue weighted by atomic mass is 10.2. The van der Waals surface area contributed by atoms with Gasteiger partial charge in [-0.25, -0.2) is 4.79 Å². The van der Waals surface area contributed by atoms with E-state index in [0.29, 0.717) is 26.4 Å². The van der Waals surface area contributed by atoms with E-state index in [1.54, 1.807) is 35.2 Å². The number of thiophene rings is 1. The van der Waals surface area contributed by atoms with E-state index in [4.69, 9.17) is 21.7 Å². The predicted octanol–water partition coefficient (Wildman–Crippen LogP) is 4.35. The number of hydrogen-bond donors (Lipinski definition) is 0. The minimum absolute atomic E-state index is 0.0687.